The Morgan fingerprint density at radius 1 is 1.13 bits per heavy atom. The normalized spacial score (nSPS) is 15.5. The molecular weight excluding hydrogens is 524 g/mol. The summed E-state index contributed by atoms with van der Waals surface area (Å²) >= 11 is 7.52. The van der Waals surface area contributed by atoms with Crippen molar-refractivity contribution in [3.63, 3.8) is 0 Å². The molecule has 9 heteroatoms. The van der Waals surface area contributed by atoms with Crippen molar-refractivity contribution in [2.45, 2.75) is 59.8 Å². The summed E-state index contributed by atoms with van der Waals surface area (Å²) in [6, 6.07) is 12.0. The molecule has 200 valence electrons. The van der Waals surface area contributed by atoms with Gasteiger partial charge in [-0.2, -0.15) is 0 Å². The largest absolute Gasteiger partial charge is 0.494 e. The van der Waals surface area contributed by atoms with Gasteiger partial charge in [-0.15, -0.1) is 0 Å². The van der Waals surface area contributed by atoms with E-state index in [4.69, 9.17) is 25.8 Å². The molecule has 0 saturated carbocycles. The minimum Gasteiger partial charge on any atom is -0.494 e. The molecule has 1 aromatic heterocycles. The number of halogens is 1. The van der Waals surface area contributed by atoms with E-state index in [2.05, 4.69) is 4.99 Å². The van der Waals surface area contributed by atoms with Crippen LogP contribution in [0.1, 0.15) is 58.7 Å². The van der Waals surface area contributed by atoms with Crippen LogP contribution in [-0.4, -0.2) is 29.4 Å². The molecule has 7 nitrogen and oxygen atoms in total. The van der Waals surface area contributed by atoms with Crippen molar-refractivity contribution < 1.29 is 19.0 Å². The van der Waals surface area contributed by atoms with Crippen molar-refractivity contribution in [2.24, 2.45) is 4.99 Å². The Bertz CT molecular complexity index is 1550. The molecule has 1 aliphatic heterocycles. The van der Waals surface area contributed by atoms with Gasteiger partial charge in [-0.1, -0.05) is 35.1 Å². The molecule has 4 rings (SSSR count). The predicted molar refractivity (Wildman–Crippen MR) is 150 cm³/mol. The minimum atomic E-state index is -0.707. The molecule has 2 heterocycles. The van der Waals surface area contributed by atoms with Crippen molar-refractivity contribution in [1.82, 2.24) is 4.57 Å². The highest BCUT2D eigenvalue weighted by Gasteiger charge is 2.33. The van der Waals surface area contributed by atoms with Crippen LogP contribution in [0.5, 0.6) is 11.5 Å². The summed E-state index contributed by atoms with van der Waals surface area (Å²) in [7, 11) is 0. The van der Waals surface area contributed by atoms with Gasteiger partial charge in [0.25, 0.3) is 5.56 Å². The Morgan fingerprint density at radius 3 is 2.47 bits per heavy atom. The van der Waals surface area contributed by atoms with Gasteiger partial charge in [0.2, 0.25) is 0 Å². The highest BCUT2D eigenvalue weighted by Crippen LogP contribution is 2.32. The van der Waals surface area contributed by atoms with Crippen LogP contribution in [0.3, 0.4) is 0 Å². The van der Waals surface area contributed by atoms with Crippen LogP contribution in [0.25, 0.3) is 6.08 Å². The minimum absolute atomic E-state index is 0.0543. The fourth-order valence-corrected chi connectivity index (χ4v) is 5.44. The van der Waals surface area contributed by atoms with Crippen LogP contribution in [0.2, 0.25) is 5.02 Å². The van der Waals surface area contributed by atoms with Gasteiger partial charge in [0.15, 0.2) is 4.80 Å². The monoisotopic (exact) mass is 554 g/mol. The van der Waals surface area contributed by atoms with Gasteiger partial charge < -0.3 is 14.2 Å². The molecule has 2 aromatic carbocycles. The summed E-state index contributed by atoms with van der Waals surface area (Å²) in [5.74, 6) is 0.821. The SMILES string of the molecule is CCOc1ccc([C@H]2C(C(=O)OC(C)C)=C(C)N=c3s/c(=C\c4cc(Cl)ccc4OC(C)C)c(=O)n32)cc1. The fraction of sp³-hybridized carbons (Fsp3) is 0.345. The van der Waals surface area contributed by atoms with E-state index in [1.165, 1.54) is 11.3 Å². The summed E-state index contributed by atoms with van der Waals surface area (Å²) in [6.45, 7) is 11.7. The Labute approximate surface area is 230 Å². The Morgan fingerprint density at radius 2 is 1.84 bits per heavy atom. The van der Waals surface area contributed by atoms with Crippen molar-refractivity contribution in [3.8, 4) is 11.5 Å². The van der Waals surface area contributed by atoms with Gasteiger partial charge in [0.05, 0.1) is 40.7 Å². The Kier molecular flexibility index (Phi) is 8.43. The summed E-state index contributed by atoms with van der Waals surface area (Å²) in [4.78, 5) is 32.3. The van der Waals surface area contributed by atoms with E-state index in [9.17, 15) is 9.59 Å². The number of allylic oxidation sites excluding steroid dienone is 1. The van der Waals surface area contributed by atoms with E-state index in [1.54, 1.807) is 49.6 Å². The summed E-state index contributed by atoms with van der Waals surface area (Å²) < 4.78 is 19.1. The number of carbonyl (C=O) groups excluding carboxylic acids is 1. The zero-order valence-electron chi connectivity index (χ0n) is 22.3. The number of fused-ring (bicyclic) bond motifs is 1. The number of rotatable bonds is 8. The fourth-order valence-electron chi connectivity index (χ4n) is 4.22. The standard InChI is InChI=1S/C29H31ClN2O5S/c1-7-35-22-11-8-19(9-12-22)26-25(28(34)37-17(4)5)18(6)31-29-32(26)27(33)24(38-29)15-20-14-21(30)10-13-23(20)36-16(2)3/h8-17,26H,7H2,1-6H3/b24-15-/t26-/m0/s1. The molecule has 0 N–H and O–H groups in total. The highest BCUT2D eigenvalue weighted by molar-refractivity contribution is 7.07. The smallest absolute Gasteiger partial charge is 0.338 e. The lowest BCUT2D eigenvalue weighted by Crippen LogP contribution is -2.40. The quantitative estimate of drug-likeness (QED) is 0.365. The van der Waals surface area contributed by atoms with Crippen molar-refractivity contribution >= 4 is 35.0 Å². The molecule has 0 aliphatic carbocycles. The van der Waals surface area contributed by atoms with Gasteiger partial charge in [0, 0.05) is 10.6 Å². The second kappa shape index (κ2) is 11.6. The predicted octanol–water partition coefficient (Wildman–Crippen LogP) is 5.03. The molecule has 0 bridgehead atoms. The van der Waals surface area contributed by atoms with Gasteiger partial charge >= 0.3 is 5.97 Å². The maximum atomic E-state index is 13.9. The van der Waals surface area contributed by atoms with Crippen LogP contribution < -0.4 is 24.4 Å². The van der Waals surface area contributed by atoms with Gasteiger partial charge in [-0.3, -0.25) is 9.36 Å². The molecule has 38 heavy (non-hydrogen) atoms. The van der Waals surface area contributed by atoms with Gasteiger partial charge in [-0.05, 0) is 83.5 Å². The molecule has 0 radical (unpaired) electrons. The lowest BCUT2D eigenvalue weighted by atomic mass is 9.96. The molecule has 1 aliphatic rings. The highest BCUT2D eigenvalue weighted by atomic mass is 35.5. The van der Waals surface area contributed by atoms with Crippen molar-refractivity contribution in [3.05, 3.63) is 89.6 Å². The maximum Gasteiger partial charge on any atom is 0.338 e. The Hall–Kier alpha value is -3.36. The lowest BCUT2D eigenvalue weighted by Gasteiger charge is -2.25. The third-order valence-electron chi connectivity index (χ3n) is 5.71. The average molecular weight is 555 g/mol. The average Bonchev–Trinajstić information content (AvgIpc) is 3.14. The number of aromatic nitrogens is 1. The number of thiazole rings is 1. The molecule has 0 fully saturated rings. The van der Waals surface area contributed by atoms with Gasteiger partial charge in [0.1, 0.15) is 11.5 Å². The summed E-state index contributed by atoms with van der Waals surface area (Å²) in [6.07, 6.45) is 1.38. The van der Waals surface area contributed by atoms with Crippen LogP contribution in [0, 0.1) is 0 Å². The summed E-state index contributed by atoms with van der Waals surface area (Å²) in [5, 5.41) is 0.530. The molecular formula is C29H31ClN2O5S. The first kappa shape index (κ1) is 27.7. The summed E-state index contributed by atoms with van der Waals surface area (Å²) in [5.41, 5.74) is 2.00. The molecule has 3 aromatic rings. The van der Waals surface area contributed by atoms with E-state index in [-0.39, 0.29) is 17.8 Å². The number of nitrogens with zero attached hydrogens (tertiary/aromatic N) is 2. The van der Waals surface area contributed by atoms with E-state index in [0.29, 0.717) is 49.3 Å². The third-order valence-corrected chi connectivity index (χ3v) is 6.93. The Balaban J connectivity index is 1.92. The first-order valence-corrected chi connectivity index (χ1v) is 13.7. The second-order valence-electron chi connectivity index (χ2n) is 9.39. The van der Waals surface area contributed by atoms with Crippen LogP contribution in [-0.2, 0) is 9.53 Å². The second-order valence-corrected chi connectivity index (χ2v) is 10.8. The van der Waals surface area contributed by atoms with Crippen molar-refractivity contribution in [2.75, 3.05) is 6.61 Å². The molecule has 0 unspecified atom stereocenters. The zero-order valence-corrected chi connectivity index (χ0v) is 23.9. The van der Waals surface area contributed by atoms with E-state index in [1.807, 2.05) is 45.0 Å². The number of ether oxygens (including phenoxy) is 3. The van der Waals surface area contributed by atoms with Crippen LogP contribution in [0.4, 0.5) is 0 Å². The third kappa shape index (κ3) is 5.87. The molecule has 0 amide bonds. The van der Waals surface area contributed by atoms with E-state index in [0.717, 1.165) is 5.56 Å². The van der Waals surface area contributed by atoms with E-state index < -0.39 is 12.0 Å². The topological polar surface area (TPSA) is 79.1 Å². The van der Waals surface area contributed by atoms with Crippen molar-refractivity contribution in [1.29, 1.82) is 0 Å². The van der Waals surface area contributed by atoms with E-state index >= 15 is 0 Å². The molecule has 0 saturated heterocycles. The van der Waals surface area contributed by atoms with Crippen LogP contribution in [0.15, 0.2) is 63.5 Å². The number of hydrogen-bond acceptors (Lipinski definition) is 7. The number of hydrogen-bond donors (Lipinski definition) is 0. The first-order chi connectivity index (χ1) is 18.1. The van der Waals surface area contributed by atoms with Crippen LogP contribution >= 0.6 is 22.9 Å². The number of esters is 1. The number of benzene rings is 2. The van der Waals surface area contributed by atoms with Gasteiger partial charge in [-0.25, -0.2) is 9.79 Å². The molecule has 0 spiro atoms. The zero-order chi connectivity index (χ0) is 27.6. The lowest BCUT2D eigenvalue weighted by molar-refractivity contribution is -0.143. The molecule has 1 atom stereocenters. The number of carbonyl (C=O) groups is 1. The maximum absolute atomic E-state index is 13.9. The first-order valence-electron chi connectivity index (χ1n) is 12.5.